The van der Waals surface area contributed by atoms with Crippen molar-refractivity contribution < 1.29 is 104 Å². The molecule has 0 spiro atoms. The molecule has 1 aliphatic carbocycles. The first-order valence-corrected chi connectivity index (χ1v) is 29.9. The van der Waals surface area contributed by atoms with Crippen molar-refractivity contribution in [2.24, 2.45) is 5.73 Å². The maximum absolute atomic E-state index is 13.2. The van der Waals surface area contributed by atoms with Gasteiger partial charge in [0, 0.05) is 12.8 Å². The number of carbonyl (C=O) groups is 2. The first-order valence-electron chi connectivity index (χ1n) is 23.8. The van der Waals surface area contributed by atoms with E-state index in [2.05, 4.69) is 20.5 Å². The van der Waals surface area contributed by atoms with Crippen LogP contribution in [0.3, 0.4) is 0 Å². The lowest BCUT2D eigenvalue weighted by molar-refractivity contribution is -0.209. The molecule has 0 aromatic heterocycles. The van der Waals surface area contributed by atoms with Crippen molar-refractivity contribution in [3.05, 3.63) is 0 Å². The molecular formula is C40H81NO22P4. The van der Waals surface area contributed by atoms with E-state index in [1.165, 1.54) is 70.6 Å². The summed E-state index contributed by atoms with van der Waals surface area (Å²) in [4.78, 5) is 92.7. The summed E-state index contributed by atoms with van der Waals surface area (Å²) >= 11 is 0. The van der Waals surface area contributed by atoms with Gasteiger partial charge in [-0.3, -0.25) is 32.2 Å². The van der Waals surface area contributed by atoms with Crippen molar-refractivity contribution in [1.29, 1.82) is 0 Å². The lowest BCUT2D eigenvalue weighted by Gasteiger charge is -2.45. The van der Waals surface area contributed by atoms with Crippen LogP contribution >= 0.6 is 31.3 Å². The van der Waals surface area contributed by atoms with Gasteiger partial charge in [0.25, 0.3) is 0 Å². The van der Waals surface area contributed by atoms with E-state index < -0.39 is 99.2 Å². The van der Waals surface area contributed by atoms with E-state index in [1.807, 2.05) is 0 Å². The van der Waals surface area contributed by atoms with Crippen molar-refractivity contribution in [3.63, 3.8) is 0 Å². The predicted molar refractivity (Wildman–Crippen MR) is 244 cm³/mol. The Balaban J connectivity index is 2.91. The second-order valence-electron chi connectivity index (χ2n) is 17.1. The van der Waals surface area contributed by atoms with Crippen molar-refractivity contribution in [3.8, 4) is 0 Å². The molecular weight excluding hydrogens is 970 g/mol. The van der Waals surface area contributed by atoms with Gasteiger partial charge in [0.15, 0.2) is 6.10 Å². The number of hydrogen-bond donors (Lipinski definition) is 10. The van der Waals surface area contributed by atoms with Crippen LogP contribution in [0.4, 0.5) is 0 Å². The molecule has 23 nitrogen and oxygen atoms in total. The Bertz CT molecular complexity index is 1490. The van der Waals surface area contributed by atoms with Crippen LogP contribution < -0.4 is 5.73 Å². The molecule has 1 fully saturated rings. The highest BCUT2D eigenvalue weighted by Gasteiger charge is 2.59. The van der Waals surface area contributed by atoms with Gasteiger partial charge < -0.3 is 59.7 Å². The number of carbonyl (C=O) groups excluding carboxylic acids is 2. The second-order valence-corrected chi connectivity index (χ2v) is 22.0. The maximum atomic E-state index is 13.2. The van der Waals surface area contributed by atoms with E-state index in [4.69, 9.17) is 24.3 Å². The molecule has 0 heterocycles. The highest BCUT2D eigenvalue weighted by molar-refractivity contribution is 7.47. The predicted octanol–water partition coefficient (Wildman–Crippen LogP) is 6.62. The Kier molecular flexibility index (Phi) is 34.0. The summed E-state index contributed by atoms with van der Waals surface area (Å²) < 4.78 is 82.0. The minimum Gasteiger partial charge on any atom is -0.462 e. The normalized spacial score (nSPS) is 21.8. The number of hydrogen-bond acceptors (Lipinski definition) is 16. The second kappa shape index (κ2) is 35.4. The number of ether oxygens (including phenoxy) is 2. The highest BCUT2D eigenvalue weighted by atomic mass is 31.2. The van der Waals surface area contributed by atoms with Crippen molar-refractivity contribution in [2.75, 3.05) is 19.8 Å². The molecule has 0 aromatic carbocycles. The molecule has 0 bridgehead atoms. The molecule has 1 saturated carbocycles. The molecule has 11 N–H and O–H groups in total. The Morgan fingerprint density at radius 1 is 0.463 bits per heavy atom. The zero-order chi connectivity index (χ0) is 50.4. The van der Waals surface area contributed by atoms with E-state index >= 15 is 0 Å². The fourth-order valence-corrected chi connectivity index (χ4v) is 10.2. The Morgan fingerprint density at radius 2 is 0.806 bits per heavy atom. The zero-order valence-electron chi connectivity index (χ0n) is 39.0. The van der Waals surface area contributed by atoms with E-state index in [1.54, 1.807) is 0 Å². The molecule has 1 aliphatic rings. The lowest BCUT2D eigenvalue weighted by atomic mass is 9.85. The smallest absolute Gasteiger partial charge is 0.462 e. The SMILES string of the molecule is CCCCCCCCCCCCCCCC(=O)O[C@H](COC(=O)CCCCCCCCCCCCCCN)COP(=O)(O)OC1C(O)[C@H](OP(=O)(O)O)C(OP(=O)(O)O)[C@H](OP(=O)(O)O)[C@@H]1O. The van der Waals surface area contributed by atoms with E-state index in [0.717, 1.165) is 83.6 Å². The molecule has 4 unspecified atom stereocenters. The Morgan fingerprint density at radius 3 is 1.18 bits per heavy atom. The minimum absolute atomic E-state index is 0.0325. The van der Waals surface area contributed by atoms with Gasteiger partial charge in [-0.25, -0.2) is 18.3 Å². The van der Waals surface area contributed by atoms with Gasteiger partial charge in [0.1, 0.15) is 43.2 Å². The van der Waals surface area contributed by atoms with Crippen LogP contribution in [0.2, 0.25) is 0 Å². The first-order chi connectivity index (χ1) is 31.5. The fourth-order valence-electron chi connectivity index (χ4n) is 7.57. The van der Waals surface area contributed by atoms with E-state index in [0.29, 0.717) is 12.8 Å². The van der Waals surface area contributed by atoms with Gasteiger partial charge in [-0.1, -0.05) is 148 Å². The third kappa shape index (κ3) is 33.5. The molecule has 1 rings (SSSR count). The van der Waals surface area contributed by atoms with Crippen molar-refractivity contribution in [2.45, 2.75) is 223 Å². The number of unbranched alkanes of at least 4 members (excludes halogenated alkanes) is 23. The summed E-state index contributed by atoms with van der Waals surface area (Å²) in [5, 5.41) is 21.8. The largest absolute Gasteiger partial charge is 0.472 e. The van der Waals surface area contributed by atoms with Crippen LogP contribution in [0, 0.1) is 0 Å². The molecule has 0 radical (unpaired) electrons. The van der Waals surface area contributed by atoms with Gasteiger partial charge in [-0.05, 0) is 25.8 Å². The standard InChI is InChI=1S/C40H81NO22P4/c1-2-3-4-5-6-7-8-9-13-16-19-22-25-28-34(43)59-32(30-57-33(42)27-24-21-18-15-12-10-11-14-17-20-23-26-29-41)31-58-67(55,56)63-37-35(44)38(60-64(46,47)48)40(62-66(52,53)54)39(36(37)45)61-65(49,50)51/h32,35-40,44-45H,2-31,41H2,1H3,(H,55,56)(H2,46,47,48)(H2,49,50,51)(H2,52,53,54)/t32-,35-,36?,37?,38-,39+,40?/m1/s1. The topological polar surface area (TPSA) is 375 Å². The molecule has 0 amide bonds. The number of phosphoric ester groups is 4. The lowest BCUT2D eigenvalue weighted by Crippen LogP contribution is -2.65. The van der Waals surface area contributed by atoms with Gasteiger partial charge in [-0.2, -0.15) is 0 Å². The van der Waals surface area contributed by atoms with Crippen molar-refractivity contribution in [1.82, 2.24) is 0 Å². The summed E-state index contributed by atoms with van der Waals surface area (Å²) in [6.45, 7) is 1.27. The van der Waals surface area contributed by atoms with Crippen LogP contribution in [0.25, 0.3) is 0 Å². The monoisotopic (exact) mass is 1050 g/mol. The number of aliphatic hydroxyl groups is 2. The molecule has 67 heavy (non-hydrogen) atoms. The number of esters is 2. The fraction of sp³-hybridized carbons (Fsp3) is 0.950. The van der Waals surface area contributed by atoms with E-state index in [-0.39, 0.29) is 12.8 Å². The summed E-state index contributed by atoms with van der Waals surface area (Å²) in [7, 11) is -23.0. The molecule has 27 heteroatoms. The van der Waals surface area contributed by atoms with E-state index in [9.17, 15) is 72.3 Å². The van der Waals surface area contributed by atoms with Crippen molar-refractivity contribution >= 4 is 43.2 Å². The number of phosphoric acid groups is 4. The average molecular weight is 1050 g/mol. The first kappa shape index (κ1) is 64.3. The Hall–Kier alpha value is -0.740. The van der Waals surface area contributed by atoms with Crippen LogP contribution in [-0.4, -0.2) is 119 Å². The number of rotatable bonds is 42. The summed E-state index contributed by atoms with van der Waals surface area (Å²) in [5.41, 5.74) is 5.53. The molecule has 8 atom stereocenters. The maximum Gasteiger partial charge on any atom is 0.472 e. The Labute approximate surface area is 395 Å². The highest BCUT2D eigenvalue weighted by Crippen LogP contribution is 2.53. The summed E-state index contributed by atoms with van der Waals surface area (Å²) in [6, 6.07) is 0. The summed E-state index contributed by atoms with van der Waals surface area (Å²) in [5.74, 6) is -1.40. The third-order valence-corrected chi connectivity index (χ3v) is 13.5. The average Bonchev–Trinajstić information content (AvgIpc) is 3.22. The van der Waals surface area contributed by atoms with Gasteiger partial charge >= 0.3 is 43.2 Å². The molecule has 0 aromatic rings. The van der Waals surface area contributed by atoms with Crippen LogP contribution in [0.1, 0.15) is 180 Å². The molecule has 0 aliphatic heterocycles. The van der Waals surface area contributed by atoms with Gasteiger partial charge in [0.05, 0.1) is 6.61 Å². The molecule has 398 valence electrons. The number of aliphatic hydroxyl groups excluding tert-OH is 2. The third-order valence-electron chi connectivity index (χ3n) is 11.0. The molecule has 0 saturated heterocycles. The van der Waals surface area contributed by atoms with Crippen LogP contribution in [0.5, 0.6) is 0 Å². The van der Waals surface area contributed by atoms with Gasteiger partial charge in [-0.15, -0.1) is 0 Å². The minimum atomic E-state index is -5.79. The quantitative estimate of drug-likeness (QED) is 0.0174. The van der Waals surface area contributed by atoms with Crippen LogP contribution in [0.15, 0.2) is 0 Å². The van der Waals surface area contributed by atoms with Gasteiger partial charge in [0.2, 0.25) is 0 Å². The zero-order valence-corrected chi connectivity index (χ0v) is 42.5. The van der Waals surface area contributed by atoms with Crippen LogP contribution in [-0.2, 0) is 59.9 Å². The summed E-state index contributed by atoms with van der Waals surface area (Å²) in [6.07, 6.45) is 8.44. The number of nitrogens with two attached hydrogens (primary N) is 1.